The van der Waals surface area contributed by atoms with Gasteiger partial charge in [0, 0.05) is 31.2 Å². The fourth-order valence-electron chi connectivity index (χ4n) is 3.73. The molecule has 32 heavy (non-hydrogen) atoms. The van der Waals surface area contributed by atoms with Gasteiger partial charge in [0.2, 0.25) is 5.95 Å². The first kappa shape index (κ1) is 20.3. The Bertz CT molecular complexity index is 1220. The van der Waals surface area contributed by atoms with Gasteiger partial charge in [0.25, 0.3) is 0 Å². The molecule has 3 aromatic heterocycles. The number of morpholine rings is 1. The minimum Gasteiger partial charge on any atom is -0.394 e. The number of hydrogen-bond acceptors (Lipinski definition) is 8. The summed E-state index contributed by atoms with van der Waals surface area (Å²) in [6.07, 6.45) is 6.79. The van der Waals surface area contributed by atoms with E-state index in [9.17, 15) is 4.39 Å². The molecule has 11 heteroatoms. The second-order valence-electron chi connectivity index (χ2n) is 7.53. The summed E-state index contributed by atoms with van der Waals surface area (Å²) >= 11 is 0. The number of benzene rings is 1. The van der Waals surface area contributed by atoms with E-state index in [0.29, 0.717) is 43.6 Å². The van der Waals surface area contributed by atoms with Gasteiger partial charge >= 0.3 is 0 Å². The van der Waals surface area contributed by atoms with Gasteiger partial charge in [-0.05, 0) is 23.8 Å². The average molecular weight is 438 g/mol. The van der Waals surface area contributed by atoms with Crippen LogP contribution in [0.15, 0.2) is 43.0 Å². The summed E-state index contributed by atoms with van der Waals surface area (Å²) in [6, 6.07) is 5.06. The summed E-state index contributed by atoms with van der Waals surface area (Å²) in [6.45, 7) is 3.56. The summed E-state index contributed by atoms with van der Waals surface area (Å²) in [5.41, 5.74) is 3.00. The molecule has 5 rings (SSSR count). The van der Waals surface area contributed by atoms with Crippen LogP contribution in [-0.4, -0.2) is 67.5 Å². The molecule has 4 aromatic rings. The van der Waals surface area contributed by atoms with E-state index in [0.717, 1.165) is 29.7 Å². The van der Waals surface area contributed by atoms with Crippen LogP contribution in [0.4, 0.5) is 21.7 Å². The SMILES string of the molecule is OCCn1cc(Nc2ncc3cnn(Cc4cc(F)cc(N5CCOCC5)c4)c3n2)cn1. The molecule has 0 spiro atoms. The lowest BCUT2D eigenvalue weighted by molar-refractivity contribution is 0.122. The number of halogens is 1. The summed E-state index contributed by atoms with van der Waals surface area (Å²) in [4.78, 5) is 11.0. The average Bonchev–Trinajstić information content (AvgIpc) is 3.41. The maximum Gasteiger partial charge on any atom is 0.229 e. The Balaban J connectivity index is 1.38. The van der Waals surface area contributed by atoms with Gasteiger partial charge in [0.1, 0.15) is 5.82 Å². The van der Waals surface area contributed by atoms with Gasteiger partial charge in [-0.1, -0.05) is 0 Å². The van der Waals surface area contributed by atoms with Crippen molar-refractivity contribution in [2.24, 2.45) is 0 Å². The normalized spacial score (nSPS) is 14.2. The van der Waals surface area contributed by atoms with Crippen LogP contribution < -0.4 is 10.2 Å². The Morgan fingerprint density at radius 3 is 2.81 bits per heavy atom. The lowest BCUT2D eigenvalue weighted by Gasteiger charge is -2.29. The van der Waals surface area contributed by atoms with Gasteiger partial charge in [-0.3, -0.25) is 4.68 Å². The predicted molar refractivity (Wildman–Crippen MR) is 116 cm³/mol. The Labute approximate surface area is 183 Å². The van der Waals surface area contributed by atoms with Crippen LogP contribution in [0.3, 0.4) is 0 Å². The van der Waals surface area contributed by atoms with E-state index >= 15 is 0 Å². The Morgan fingerprint density at radius 2 is 1.97 bits per heavy atom. The molecule has 0 bridgehead atoms. The molecule has 166 valence electrons. The third-order valence-corrected chi connectivity index (χ3v) is 5.25. The molecule has 1 fully saturated rings. The first-order chi connectivity index (χ1) is 15.7. The van der Waals surface area contributed by atoms with Crippen LogP contribution >= 0.6 is 0 Å². The zero-order valence-corrected chi connectivity index (χ0v) is 17.4. The van der Waals surface area contributed by atoms with E-state index in [1.807, 2.05) is 6.07 Å². The number of nitrogens with zero attached hydrogens (tertiary/aromatic N) is 7. The second-order valence-corrected chi connectivity index (χ2v) is 7.53. The van der Waals surface area contributed by atoms with Gasteiger partial charge < -0.3 is 20.1 Å². The number of fused-ring (bicyclic) bond motifs is 1. The molecule has 0 unspecified atom stereocenters. The molecule has 0 atom stereocenters. The van der Waals surface area contributed by atoms with Crippen molar-refractivity contribution < 1.29 is 14.2 Å². The van der Waals surface area contributed by atoms with Crippen molar-refractivity contribution in [3.63, 3.8) is 0 Å². The maximum absolute atomic E-state index is 14.3. The van der Waals surface area contributed by atoms with Gasteiger partial charge in [0.05, 0.1) is 56.4 Å². The standard InChI is InChI=1S/C21H23FN8O2/c22-17-7-15(8-19(9-17)28-2-5-32-6-3-28)13-30-20-16(11-25-30)10-23-21(27-20)26-18-12-24-29(14-18)1-4-31/h7-12,14,31H,1-6,13H2,(H,23,26,27). The third-order valence-electron chi connectivity index (χ3n) is 5.25. The van der Waals surface area contributed by atoms with E-state index in [-0.39, 0.29) is 12.4 Å². The molecule has 4 heterocycles. The second kappa shape index (κ2) is 8.89. The molecule has 0 amide bonds. The first-order valence-corrected chi connectivity index (χ1v) is 10.4. The van der Waals surface area contributed by atoms with Crippen molar-refractivity contribution in [2.75, 3.05) is 43.1 Å². The smallest absolute Gasteiger partial charge is 0.229 e. The fraction of sp³-hybridized carbons (Fsp3) is 0.333. The minimum absolute atomic E-state index is 0.0100. The van der Waals surface area contributed by atoms with E-state index in [1.54, 1.807) is 40.2 Å². The minimum atomic E-state index is -0.280. The molecule has 1 aliphatic rings. The number of rotatable bonds is 7. The fourth-order valence-corrected chi connectivity index (χ4v) is 3.73. The summed E-state index contributed by atoms with van der Waals surface area (Å²) in [5.74, 6) is 0.119. The van der Waals surface area contributed by atoms with E-state index < -0.39 is 0 Å². The molecular weight excluding hydrogens is 415 g/mol. The molecule has 1 aliphatic heterocycles. The monoisotopic (exact) mass is 438 g/mol. The van der Waals surface area contributed by atoms with Crippen molar-refractivity contribution in [1.82, 2.24) is 29.5 Å². The van der Waals surface area contributed by atoms with Crippen molar-refractivity contribution in [1.29, 1.82) is 0 Å². The van der Waals surface area contributed by atoms with Crippen LogP contribution in [0.2, 0.25) is 0 Å². The number of ether oxygens (including phenoxy) is 1. The van der Waals surface area contributed by atoms with Gasteiger partial charge in [-0.15, -0.1) is 0 Å². The Kier molecular flexibility index (Phi) is 5.65. The number of aliphatic hydroxyl groups excluding tert-OH is 1. The number of hydrogen-bond donors (Lipinski definition) is 2. The third kappa shape index (κ3) is 4.39. The van der Waals surface area contributed by atoms with Gasteiger partial charge in [0.15, 0.2) is 5.65 Å². The zero-order valence-electron chi connectivity index (χ0n) is 17.4. The quantitative estimate of drug-likeness (QED) is 0.450. The van der Waals surface area contributed by atoms with E-state index in [2.05, 4.69) is 30.4 Å². The zero-order chi connectivity index (χ0) is 21.9. The largest absolute Gasteiger partial charge is 0.394 e. The summed E-state index contributed by atoms with van der Waals surface area (Å²) in [5, 5.41) is 21.5. The van der Waals surface area contributed by atoms with Crippen LogP contribution in [-0.2, 0) is 17.8 Å². The van der Waals surface area contributed by atoms with Crippen LogP contribution in [0.1, 0.15) is 5.56 Å². The highest BCUT2D eigenvalue weighted by Gasteiger charge is 2.14. The predicted octanol–water partition coefficient (Wildman–Crippen LogP) is 1.78. The Hall–Kier alpha value is -3.57. The number of aromatic nitrogens is 6. The number of anilines is 3. The van der Waals surface area contributed by atoms with Gasteiger partial charge in [-0.25, -0.2) is 14.1 Å². The molecule has 0 saturated carbocycles. The molecule has 1 aromatic carbocycles. The van der Waals surface area contributed by atoms with Crippen molar-refractivity contribution >= 4 is 28.4 Å². The molecule has 0 aliphatic carbocycles. The van der Waals surface area contributed by atoms with E-state index in [4.69, 9.17) is 9.84 Å². The van der Waals surface area contributed by atoms with Crippen LogP contribution in [0, 0.1) is 5.82 Å². The van der Waals surface area contributed by atoms with Crippen LogP contribution in [0.5, 0.6) is 0 Å². The van der Waals surface area contributed by atoms with E-state index in [1.165, 1.54) is 6.07 Å². The maximum atomic E-state index is 14.3. The summed E-state index contributed by atoms with van der Waals surface area (Å²) in [7, 11) is 0. The van der Waals surface area contributed by atoms with Crippen molar-refractivity contribution in [3.8, 4) is 0 Å². The topological polar surface area (TPSA) is 106 Å². The molecule has 2 N–H and O–H groups in total. The highest BCUT2D eigenvalue weighted by atomic mass is 19.1. The van der Waals surface area contributed by atoms with Gasteiger partial charge in [-0.2, -0.15) is 15.2 Å². The summed E-state index contributed by atoms with van der Waals surface area (Å²) < 4.78 is 23.1. The first-order valence-electron chi connectivity index (χ1n) is 10.4. The molecular formula is C21H23FN8O2. The van der Waals surface area contributed by atoms with Crippen molar-refractivity contribution in [3.05, 3.63) is 54.4 Å². The highest BCUT2D eigenvalue weighted by Crippen LogP contribution is 2.22. The highest BCUT2D eigenvalue weighted by molar-refractivity contribution is 5.75. The lowest BCUT2D eigenvalue weighted by Crippen LogP contribution is -2.36. The lowest BCUT2D eigenvalue weighted by atomic mass is 10.1. The Morgan fingerprint density at radius 1 is 1.09 bits per heavy atom. The molecule has 1 saturated heterocycles. The van der Waals surface area contributed by atoms with Crippen molar-refractivity contribution in [2.45, 2.75) is 13.1 Å². The van der Waals surface area contributed by atoms with Crippen LogP contribution in [0.25, 0.3) is 11.0 Å². The number of aliphatic hydroxyl groups is 1. The molecule has 0 radical (unpaired) electrons. The number of nitrogens with one attached hydrogen (secondary N) is 1. The molecule has 10 nitrogen and oxygen atoms in total.